The van der Waals surface area contributed by atoms with Crippen molar-refractivity contribution in [3.63, 3.8) is 0 Å². The Bertz CT molecular complexity index is 1220. The van der Waals surface area contributed by atoms with Gasteiger partial charge in [-0.2, -0.15) is 4.31 Å². The van der Waals surface area contributed by atoms with Gasteiger partial charge in [-0.3, -0.25) is 4.79 Å². The number of nitrogens with zero attached hydrogens (tertiary/aromatic N) is 2. The van der Waals surface area contributed by atoms with Crippen molar-refractivity contribution >= 4 is 27.6 Å². The highest BCUT2D eigenvalue weighted by molar-refractivity contribution is 7.89. The zero-order valence-electron chi connectivity index (χ0n) is 21.1. The van der Waals surface area contributed by atoms with Gasteiger partial charge in [-0.05, 0) is 43.2 Å². The van der Waals surface area contributed by atoms with Gasteiger partial charge < -0.3 is 24.4 Å². The third kappa shape index (κ3) is 6.16. The van der Waals surface area contributed by atoms with Gasteiger partial charge >= 0.3 is 5.97 Å². The van der Waals surface area contributed by atoms with Gasteiger partial charge in [-0.1, -0.05) is 26.0 Å². The van der Waals surface area contributed by atoms with E-state index in [0.29, 0.717) is 30.3 Å². The summed E-state index contributed by atoms with van der Waals surface area (Å²) in [5.74, 6) is 0.0109. The maximum atomic E-state index is 13.1. The van der Waals surface area contributed by atoms with E-state index < -0.39 is 28.5 Å². The first-order valence-electron chi connectivity index (χ1n) is 12.5. The molecule has 10 nitrogen and oxygen atoms in total. The number of anilines is 1. The number of sulfonamides is 1. The van der Waals surface area contributed by atoms with Gasteiger partial charge in [0.1, 0.15) is 12.7 Å². The molecule has 1 atom stereocenters. The zero-order valence-corrected chi connectivity index (χ0v) is 22.0. The lowest BCUT2D eigenvalue weighted by Crippen LogP contribution is -2.42. The molecule has 4 rings (SSSR count). The number of fused-ring (bicyclic) bond motifs is 1. The van der Waals surface area contributed by atoms with Crippen LogP contribution >= 0.6 is 0 Å². The molecule has 1 fully saturated rings. The van der Waals surface area contributed by atoms with E-state index in [1.165, 1.54) is 16.4 Å². The molecule has 1 amide bonds. The molecule has 1 saturated heterocycles. The maximum Gasteiger partial charge on any atom is 0.340 e. The lowest BCUT2D eigenvalue weighted by Gasteiger charge is -2.26. The van der Waals surface area contributed by atoms with E-state index in [0.717, 1.165) is 25.9 Å². The smallest absolute Gasteiger partial charge is 0.340 e. The third-order valence-corrected chi connectivity index (χ3v) is 8.45. The second kappa shape index (κ2) is 11.8. The number of carbonyl (C=O) groups excluding carboxylic acids is 2. The number of para-hydroxylation sites is 2. The van der Waals surface area contributed by atoms with Crippen LogP contribution in [0.15, 0.2) is 47.4 Å². The van der Waals surface area contributed by atoms with Gasteiger partial charge in [-0.15, -0.1) is 0 Å². The summed E-state index contributed by atoms with van der Waals surface area (Å²) >= 11 is 0. The van der Waals surface area contributed by atoms with Gasteiger partial charge in [0.25, 0.3) is 5.91 Å². The summed E-state index contributed by atoms with van der Waals surface area (Å²) in [6.45, 7) is 5.63. The number of hydrogen-bond acceptors (Lipinski definition) is 8. The molecule has 2 aliphatic heterocycles. The Kier molecular flexibility index (Phi) is 8.55. The maximum absolute atomic E-state index is 13.1. The lowest BCUT2D eigenvalue weighted by molar-refractivity contribution is -0.124. The topological polar surface area (TPSA) is 114 Å². The highest BCUT2D eigenvalue weighted by Gasteiger charge is 2.27. The number of benzene rings is 2. The van der Waals surface area contributed by atoms with Crippen molar-refractivity contribution in [3.05, 3.63) is 48.0 Å². The molecule has 0 saturated carbocycles. The van der Waals surface area contributed by atoms with Crippen molar-refractivity contribution in [2.75, 3.05) is 50.8 Å². The molecule has 1 N–H and O–H groups in total. The second-order valence-corrected chi connectivity index (χ2v) is 10.8. The molecule has 1 unspecified atom stereocenters. The van der Waals surface area contributed by atoms with Crippen LogP contribution < -0.4 is 19.7 Å². The standard InChI is InChI=1S/C26H33N3O7S/c1-3-29(4-2)37(32,33)20-11-12-22(28-13-7-8-14-28)21(15-20)26(31)35-18-25(30)27-16-19-17-34-23-9-5-6-10-24(23)36-19/h5-6,9-12,15,19H,3-4,7-8,13-14,16-18H2,1-2H3,(H,27,30). The molecule has 0 bridgehead atoms. The van der Waals surface area contributed by atoms with Gasteiger partial charge in [0.15, 0.2) is 18.1 Å². The van der Waals surface area contributed by atoms with E-state index >= 15 is 0 Å². The number of rotatable bonds is 10. The third-order valence-electron chi connectivity index (χ3n) is 6.41. The van der Waals surface area contributed by atoms with Crippen LogP contribution in [0.3, 0.4) is 0 Å². The molecular formula is C26H33N3O7S. The fourth-order valence-corrected chi connectivity index (χ4v) is 5.92. The highest BCUT2D eigenvalue weighted by atomic mass is 32.2. The highest BCUT2D eigenvalue weighted by Crippen LogP contribution is 2.31. The van der Waals surface area contributed by atoms with E-state index in [9.17, 15) is 18.0 Å². The van der Waals surface area contributed by atoms with Crippen molar-refractivity contribution < 1.29 is 32.2 Å². The van der Waals surface area contributed by atoms with Crippen LogP contribution in [0, 0.1) is 0 Å². The number of ether oxygens (including phenoxy) is 3. The van der Waals surface area contributed by atoms with E-state index in [2.05, 4.69) is 5.32 Å². The first kappa shape index (κ1) is 26.7. The van der Waals surface area contributed by atoms with Crippen molar-refractivity contribution in [1.29, 1.82) is 0 Å². The Morgan fingerprint density at radius 2 is 1.78 bits per heavy atom. The summed E-state index contributed by atoms with van der Waals surface area (Å²) in [5.41, 5.74) is 0.733. The summed E-state index contributed by atoms with van der Waals surface area (Å²) in [5, 5.41) is 2.69. The van der Waals surface area contributed by atoms with Crippen molar-refractivity contribution in [1.82, 2.24) is 9.62 Å². The number of nitrogens with one attached hydrogen (secondary N) is 1. The van der Waals surface area contributed by atoms with Gasteiger partial charge in [0, 0.05) is 26.2 Å². The molecule has 2 heterocycles. The quantitative estimate of drug-likeness (QED) is 0.465. The van der Waals surface area contributed by atoms with E-state index in [1.54, 1.807) is 26.0 Å². The number of carbonyl (C=O) groups is 2. The molecule has 2 aromatic rings. The first-order valence-corrected chi connectivity index (χ1v) is 14.0. The fraction of sp³-hybridized carbons (Fsp3) is 0.462. The van der Waals surface area contributed by atoms with Crippen LogP contribution in [0.5, 0.6) is 11.5 Å². The predicted molar refractivity (Wildman–Crippen MR) is 138 cm³/mol. The Morgan fingerprint density at radius 3 is 2.49 bits per heavy atom. The summed E-state index contributed by atoms with van der Waals surface area (Å²) in [7, 11) is -3.77. The van der Waals surface area contributed by atoms with Crippen molar-refractivity contribution in [3.8, 4) is 11.5 Å². The molecule has 0 aliphatic carbocycles. The Labute approximate surface area is 217 Å². The van der Waals surface area contributed by atoms with Crippen LogP contribution in [0.2, 0.25) is 0 Å². The molecule has 0 radical (unpaired) electrons. The molecule has 2 aliphatic rings. The predicted octanol–water partition coefficient (Wildman–Crippen LogP) is 2.43. The fourth-order valence-electron chi connectivity index (χ4n) is 4.44. The Balaban J connectivity index is 1.41. The largest absolute Gasteiger partial charge is 0.486 e. The summed E-state index contributed by atoms with van der Waals surface area (Å²) in [4.78, 5) is 27.5. The molecule has 200 valence electrons. The van der Waals surface area contributed by atoms with Crippen molar-refractivity contribution in [2.24, 2.45) is 0 Å². The van der Waals surface area contributed by atoms with E-state index in [4.69, 9.17) is 14.2 Å². The van der Waals surface area contributed by atoms with Crippen molar-refractivity contribution in [2.45, 2.75) is 37.7 Å². The van der Waals surface area contributed by atoms with Crippen LogP contribution in [-0.4, -0.2) is 76.6 Å². The Morgan fingerprint density at radius 1 is 1.08 bits per heavy atom. The molecule has 0 spiro atoms. The van der Waals surface area contributed by atoms with Crippen LogP contribution in [0.25, 0.3) is 0 Å². The SMILES string of the molecule is CCN(CC)S(=O)(=O)c1ccc(N2CCCC2)c(C(=O)OCC(=O)NCC2COc3ccccc3O2)c1. The minimum absolute atomic E-state index is 0.0188. The lowest BCUT2D eigenvalue weighted by atomic mass is 10.1. The minimum atomic E-state index is -3.77. The van der Waals surface area contributed by atoms with Crippen LogP contribution in [0.4, 0.5) is 5.69 Å². The molecule has 37 heavy (non-hydrogen) atoms. The Hall–Kier alpha value is -3.31. The van der Waals surface area contributed by atoms with Gasteiger partial charge in [-0.25, -0.2) is 13.2 Å². The zero-order chi connectivity index (χ0) is 26.4. The minimum Gasteiger partial charge on any atom is -0.486 e. The summed E-state index contributed by atoms with van der Waals surface area (Å²) in [6.07, 6.45) is 1.58. The molecular weight excluding hydrogens is 498 g/mol. The molecule has 2 aromatic carbocycles. The normalized spacial score (nSPS) is 17.1. The number of esters is 1. The average molecular weight is 532 g/mol. The van der Waals surface area contributed by atoms with Crippen LogP contribution in [0.1, 0.15) is 37.0 Å². The second-order valence-electron chi connectivity index (χ2n) is 8.84. The summed E-state index contributed by atoms with van der Waals surface area (Å²) < 4.78 is 44.2. The van der Waals surface area contributed by atoms with Gasteiger partial charge in [0.2, 0.25) is 10.0 Å². The molecule has 0 aromatic heterocycles. The summed E-state index contributed by atoms with van der Waals surface area (Å²) in [6, 6.07) is 11.8. The number of amides is 1. The number of hydrogen-bond donors (Lipinski definition) is 1. The van der Waals surface area contributed by atoms with E-state index in [-0.39, 0.29) is 29.7 Å². The average Bonchev–Trinajstić information content (AvgIpc) is 3.45. The monoisotopic (exact) mass is 531 g/mol. The molecule has 11 heteroatoms. The van der Waals surface area contributed by atoms with Gasteiger partial charge in [0.05, 0.1) is 22.7 Å². The van der Waals surface area contributed by atoms with E-state index in [1.807, 2.05) is 23.1 Å². The first-order chi connectivity index (χ1) is 17.8. The van der Waals surface area contributed by atoms with Crippen LogP contribution in [-0.2, 0) is 19.6 Å².